The third-order valence-electron chi connectivity index (χ3n) is 3.88. The van der Waals surface area contributed by atoms with Gasteiger partial charge in [-0.25, -0.2) is 13.8 Å². The lowest BCUT2D eigenvalue weighted by Crippen LogP contribution is -2.39. The first-order chi connectivity index (χ1) is 14.3. The van der Waals surface area contributed by atoms with Crippen LogP contribution in [0.4, 0.5) is 5.69 Å². The summed E-state index contributed by atoms with van der Waals surface area (Å²) in [5, 5.41) is 3.89. The van der Waals surface area contributed by atoms with Gasteiger partial charge in [-0.2, -0.15) is 5.10 Å². The van der Waals surface area contributed by atoms with Gasteiger partial charge in [0.15, 0.2) is 0 Å². The first-order valence-electron chi connectivity index (χ1n) is 9.58. The summed E-state index contributed by atoms with van der Waals surface area (Å²) in [6, 6.07) is 13.7. The van der Waals surface area contributed by atoms with Crippen LogP contribution >= 0.6 is 0 Å². The number of amides is 1. The molecule has 0 heterocycles. The van der Waals surface area contributed by atoms with Gasteiger partial charge in [0, 0.05) is 0 Å². The Morgan fingerprint density at radius 1 is 1.03 bits per heavy atom. The molecule has 9 heteroatoms. The van der Waals surface area contributed by atoms with Crippen LogP contribution < -0.4 is 19.2 Å². The van der Waals surface area contributed by atoms with Gasteiger partial charge in [0.1, 0.15) is 18.0 Å². The normalized spacial score (nSPS) is 11.3. The van der Waals surface area contributed by atoms with E-state index in [9.17, 15) is 13.2 Å². The molecule has 0 aliphatic rings. The highest BCUT2D eigenvalue weighted by Gasteiger charge is 2.20. The van der Waals surface area contributed by atoms with E-state index >= 15 is 0 Å². The number of carbonyl (C=O) groups is 1. The Labute approximate surface area is 177 Å². The van der Waals surface area contributed by atoms with Crippen LogP contribution in [0, 0.1) is 0 Å². The highest BCUT2D eigenvalue weighted by atomic mass is 32.2. The quantitative estimate of drug-likeness (QED) is 0.434. The van der Waals surface area contributed by atoms with Crippen molar-refractivity contribution >= 4 is 27.8 Å². The average Bonchev–Trinajstić information content (AvgIpc) is 2.71. The number of anilines is 1. The van der Waals surface area contributed by atoms with Crippen LogP contribution in [0.3, 0.4) is 0 Å². The molecule has 0 radical (unpaired) electrons. The zero-order chi connectivity index (χ0) is 22.0. The summed E-state index contributed by atoms with van der Waals surface area (Å²) >= 11 is 0. The van der Waals surface area contributed by atoms with Crippen molar-refractivity contribution in [2.75, 3.05) is 30.3 Å². The summed E-state index contributed by atoms with van der Waals surface area (Å²) < 4.78 is 36.2. The summed E-state index contributed by atoms with van der Waals surface area (Å²) in [6.07, 6.45) is 3.45. The molecule has 0 saturated heterocycles. The molecule has 0 aliphatic carbocycles. The van der Waals surface area contributed by atoms with Crippen molar-refractivity contribution in [2.45, 2.75) is 20.3 Å². The van der Waals surface area contributed by atoms with Crippen molar-refractivity contribution in [3.63, 3.8) is 0 Å². The van der Waals surface area contributed by atoms with Crippen molar-refractivity contribution in [3.05, 3.63) is 54.1 Å². The van der Waals surface area contributed by atoms with E-state index in [0.29, 0.717) is 24.7 Å². The van der Waals surface area contributed by atoms with Gasteiger partial charge in [-0.15, -0.1) is 0 Å². The van der Waals surface area contributed by atoms with Gasteiger partial charge in [-0.1, -0.05) is 6.92 Å². The van der Waals surface area contributed by atoms with Gasteiger partial charge in [0.05, 0.1) is 31.4 Å². The first-order valence-corrected chi connectivity index (χ1v) is 11.4. The minimum atomic E-state index is -3.66. The van der Waals surface area contributed by atoms with Crippen LogP contribution in [0.1, 0.15) is 25.8 Å². The Bertz CT molecular complexity index is 942. The van der Waals surface area contributed by atoms with E-state index in [-0.39, 0.29) is 0 Å². The maximum Gasteiger partial charge on any atom is 0.260 e. The molecule has 2 aromatic rings. The monoisotopic (exact) mass is 433 g/mol. The fourth-order valence-corrected chi connectivity index (χ4v) is 3.35. The standard InChI is InChI=1S/C21H27N3O5S/c1-4-14-29-20-10-6-17(7-11-20)15-22-23-21(25)16-24(30(3,26)27)18-8-12-19(13-9-18)28-5-2/h6-13,15H,4-5,14,16H2,1-3H3,(H,23,25)/b22-15-. The molecule has 30 heavy (non-hydrogen) atoms. The lowest BCUT2D eigenvalue weighted by molar-refractivity contribution is -0.119. The number of hydrogen-bond acceptors (Lipinski definition) is 6. The van der Waals surface area contributed by atoms with E-state index < -0.39 is 22.5 Å². The van der Waals surface area contributed by atoms with Crippen LogP contribution in [0.15, 0.2) is 53.6 Å². The van der Waals surface area contributed by atoms with Crippen LogP contribution in [0.25, 0.3) is 0 Å². The highest BCUT2D eigenvalue weighted by Crippen LogP contribution is 2.21. The van der Waals surface area contributed by atoms with E-state index in [1.54, 1.807) is 24.3 Å². The van der Waals surface area contributed by atoms with Gasteiger partial charge in [-0.05, 0) is 67.4 Å². The van der Waals surface area contributed by atoms with Gasteiger partial charge < -0.3 is 9.47 Å². The van der Waals surface area contributed by atoms with Crippen LogP contribution in [-0.2, 0) is 14.8 Å². The summed E-state index contributed by atoms with van der Waals surface area (Å²) in [7, 11) is -3.66. The number of benzene rings is 2. The van der Waals surface area contributed by atoms with Crippen molar-refractivity contribution in [2.24, 2.45) is 5.10 Å². The molecule has 0 atom stereocenters. The maximum atomic E-state index is 12.2. The lowest BCUT2D eigenvalue weighted by atomic mass is 10.2. The Hall–Kier alpha value is -3.07. The van der Waals surface area contributed by atoms with Crippen LogP contribution in [0.2, 0.25) is 0 Å². The number of sulfonamides is 1. The van der Waals surface area contributed by atoms with Gasteiger partial charge in [0.2, 0.25) is 10.0 Å². The van der Waals surface area contributed by atoms with Crippen LogP contribution in [0.5, 0.6) is 11.5 Å². The van der Waals surface area contributed by atoms with Gasteiger partial charge in [0.25, 0.3) is 5.91 Å². The third kappa shape index (κ3) is 7.40. The number of hydrogen-bond donors (Lipinski definition) is 1. The zero-order valence-corrected chi connectivity index (χ0v) is 18.2. The first kappa shape index (κ1) is 23.2. The number of rotatable bonds is 11. The highest BCUT2D eigenvalue weighted by molar-refractivity contribution is 7.92. The van der Waals surface area contributed by atoms with E-state index in [0.717, 1.165) is 28.3 Å². The maximum absolute atomic E-state index is 12.2. The Morgan fingerprint density at radius 3 is 2.20 bits per heavy atom. The largest absolute Gasteiger partial charge is 0.494 e. The summed E-state index contributed by atoms with van der Waals surface area (Å²) in [5.41, 5.74) is 3.49. The predicted molar refractivity (Wildman–Crippen MR) is 118 cm³/mol. The molecule has 0 spiro atoms. The molecule has 1 N–H and O–H groups in total. The fourth-order valence-electron chi connectivity index (χ4n) is 2.49. The van der Waals surface area contributed by atoms with Crippen molar-refractivity contribution in [3.8, 4) is 11.5 Å². The number of ether oxygens (including phenoxy) is 2. The Kier molecular flexibility index (Phi) is 8.67. The molecular formula is C21H27N3O5S. The van der Waals surface area contributed by atoms with E-state index in [4.69, 9.17) is 9.47 Å². The van der Waals surface area contributed by atoms with E-state index in [1.165, 1.54) is 6.21 Å². The topological polar surface area (TPSA) is 97.3 Å². The van der Waals surface area contributed by atoms with Crippen molar-refractivity contribution in [1.29, 1.82) is 0 Å². The second kappa shape index (κ2) is 11.2. The van der Waals surface area contributed by atoms with E-state index in [2.05, 4.69) is 10.5 Å². The van der Waals surface area contributed by atoms with Crippen molar-refractivity contribution < 1.29 is 22.7 Å². The molecule has 8 nitrogen and oxygen atoms in total. The molecule has 0 aromatic heterocycles. The van der Waals surface area contributed by atoms with E-state index in [1.807, 2.05) is 38.1 Å². The molecule has 0 aliphatic heterocycles. The molecule has 2 rings (SSSR count). The molecule has 0 saturated carbocycles. The smallest absolute Gasteiger partial charge is 0.260 e. The summed E-state index contributed by atoms with van der Waals surface area (Å²) in [6.45, 7) is 4.65. The SMILES string of the molecule is CCCOc1ccc(/C=N\NC(=O)CN(c2ccc(OCC)cc2)S(C)(=O)=O)cc1. The third-order valence-corrected chi connectivity index (χ3v) is 5.02. The molecule has 0 fully saturated rings. The second-order valence-corrected chi connectivity index (χ2v) is 8.31. The molecule has 0 unspecified atom stereocenters. The lowest BCUT2D eigenvalue weighted by Gasteiger charge is -2.21. The number of nitrogens with one attached hydrogen (secondary N) is 1. The predicted octanol–water partition coefficient (Wildman–Crippen LogP) is 2.79. The van der Waals surface area contributed by atoms with Gasteiger partial charge >= 0.3 is 0 Å². The van der Waals surface area contributed by atoms with Crippen LogP contribution in [-0.4, -0.2) is 46.6 Å². The summed E-state index contributed by atoms with van der Waals surface area (Å²) in [5.74, 6) is 0.820. The zero-order valence-electron chi connectivity index (χ0n) is 17.4. The Balaban J connectivity index is 1.98. The summed E-state index contributed by atoms with van der Waals surface area (Å²) in [4.78, 5) is 12.2. The minimum Gasteiger partial charge on any atom is -0.494 e. The number of carbonyl (C=O) groups excluding carboxylic acids is 1. The molecule has 162 valence electrons. The second-order valence-electron chi connectivity index (χ2n) is 6.41. The molecule has 2 aromatic carbocycles. The number of hydrazone groups is 1. The van der Waals surface area contributed by atoms with Crippen molar-refractivity contribution in [1.82, 2.24) is 5.43 Å². The molecule has 1 amide bonds. The molecular weight excluding hydrogens is 406 g/mol. The van der Waals surface area contributed by atoms with Gasteiger partial charge in [-0.3, -0.25) is 9.10 Å². The fraction of sp³-hybridized carbons (Fsp3) is 0.333. The average molecular weight is 434 g/mol. The molecule has 0 bridgehead atoms. The number of nitrogens with zero attached hydrogens (tertiary/aromatic N) is 2. The minimum absolute atomic E-state index is 0.364. The Morgan fingerprint density at radius 2 is 1.63 bits per heavy atom.